The van der Waals surface area contributed by atoms with Gasteiger partial charge in [0.05, 0.1) is 6.10 Å². The van der Waals surface area contributed by atoms with Gasteiger partial charge in [0.25, 0.3) is 5.91 Å². The lowest BCUT2D eigenvalue weighted by atomic mass is 9.93. The van der Waals surface area contributed by atoms with Crippen LogP contribution in [0.5, 0.6) is 0 Å². The minimum absolute atomic E-state index is 0.173. The maximum Gasteiger partial charge on any atom is 0.260 e. The van der Waals surface area contributed by atoms with Crippen molar-refractivity contribution in [3.8, 4) is 0 Å². The normalized spacial score (nSPS) is 21.2. The molecule has 4 rings (SSSR count). The molecule has 9 nitrogen and oxygen atoms in total. The maximum absolute atomic E-state index is 13.2. The Labute approximate surface area is 214 Å². The molecule has 0 unspecified atom stereocenters. The van der Waals surface area contributed by atoms with E-state index in [9.17, 15) is 9.90 Å². The Morgan fingerprint density at radius 1 is 1.08 bits per heavy atom. The lowest BCUT2D eigenvalue weighted by molar-refractivity contribution is 0.102. The lowest BCUT2D eigenvalue weighted by Gasteiger charge is -2.32. The molecule has 2 aromatic rings. The van der Waals surface area contributed by atoms with E-state index in [4.69, 9.17) is 0 Å². The van der Waals surface area contributed by atoms with Crippen LogP contribution in [0.3, 0.4) is 0 Å². The standard InChI is InChI=1S/C27H41N7O2/c1-3-4-13-28-27-29-18-24(25(32-27)30-21-9-11-23(35)12-10-21)26(36)31-22-7-5-20(6-8-22)19-34-16-14-33(2)15-17-34/h5-8,18,21,23,35H,3-4,9-17,19H2,1-2H3,(H,31,36)(H2,28,29,30,32). The molecule has 0 radical (unpaired) electrons. The van der Waals surface area contributed by atoms with Gasteiger partial charge in [-0.2, -0.15) is 4.98 Å². The first-order valence-electron chi connectivity index (χ1n) is 13.4. The molecule has 4 N–H and O–H groups in total. The Bertz CT molecular complexity index is 969. The number of aromatic nitrogens is 2. The van der Waals surface area contributed by atoms with Crippen molar-refractivity contribution in [3.63, 3.8) is 0 Å². The van der Waals surface area contributed by atoms with E-state index in [-0.39, 0.29) is 18.1 Å². The molecule has 1 aromatic carbocycles. The van der Waals surface area contributed by atoms with Gasteiger partial charge >= 0.3 is 0 Å². The van der Waals surface area contributed by atoms with E-state index in [0.717, 1.165) is 83.5 Å². The molecule has 2 heterocycles. The summed E-state index contributed by atoms with van der Waals surface area (Å²) in [5.74, 6) is 0.821. The fraction of sp³-hybridized carbons (Fsp3) is 0.593. The van der Waals surface area contributed by atoms with Gasteiger partial charge in [0.1, 0.15) is 11.4 Å². The van der Waals surface area contributed by atoms with Crippen molar-refractivity contribution in [2.45, 2.75) is 64.1 Å². The SMILES string of the molecule is CCCCNc1ncc(C(=O)Nc2ccc(CN3CCN(C)CC3)cc2)c(NC2CCC(O)CC2)n1. The van der Waals surface area contributed by atoms with Gasteiger partial charge in [-0.15, -0.1) is 0 Å². The topological polar surface area (TPSA) is 106 Å². The van der Waals surface area contributed by atoms with Crippen molar-refractivity contribution in [1.82, 2.24) is 19.8 Å². The first kappa shape index (κ1) is 26.3. The van der Waals surface area contributed by atoms with Crippen LogP contribution in [-0.4, -0.2) is 82.7 Å². The molecule has 196 valence electrons. The number of likely N-dealkylation sites (N-methyl/N-ethyl adjacent to an activating group) is 1. The van der Waals surface area contributed by atoms with Gasteiger partial charge in [-0.1, -0.05) is 25.5 Å². The molecule has 1 aliphatic carbocycles. The van der Waals surface area contributed by atoms with Crippen LogP contribution in [-0.2, 0) is 6.54 Å². The zero-order valence-corrected chi connectivity index (χ0v) is 21.7. The predicted molar refractivity (Wildman–Crippen MR) is 144 cm³/mol. The smallest absolute Gasteiger partial charge is 0.260 e. The van der Waals surface area contributed by atoms with Crippen LogP contribution in [0.15, 0.2) is 30.5 Å². The molecule has 9 heteroatoms. The molecule has 1 aliphatic heterocycles. The fourth-order valence-electron chi connectivity index (χ4n) is 4.69. The molecular weight excluding hydrogens is 454 g/mol. The van der Waals surface area contributed by atoms with Crippen molar-refractivity contribution in [2.75, 3.05) is 55.7 Å². The maximum atomic E-state index is 13.2. The quantitative estimate of drug-likeness (QED) is 0.372. The van der Waals surface area contributed by atoms with Crippen LogP contribution >= 0.6 is 0 Å². The first-order valence-corrected chi connectivity index (χ1v) is 13.4. The minimum Gasteiger partial charge on any atom is -0.393 e. The number of benzene rings is 1. The number of anilines is 3. The van der Waals surface area contributed by atoms with Crippen LogP contribution in [0, 0.1) is 0 Å². The first-order chi connectivity index (χ1) is 17.5. The highest BCUT2D eigenvalue weighted by Gasteiger charge is 2.23. The number of hydrogen-bond acceptors (Lipinski definition) is 8. The van der Waals surface area contributed by atoms with Crippen molar-refractivity contribution >= 4 is 23.4 Å². The number of aliphatic hydroxyl groups excluding tert-OH is 1. The van der Waals surface area contributed by atoms with Crippen molar-refractivity contribution < 1.29 is 9.90 Å². The second-order valence-electron chi connectivity index (χ2n) is 10.1. The van der Waals surface area contributed by atoms with E-state index in [1.165, 1.54) is 5.56 Å². The van der Waals surface area contributed by atoms with Gasteiger partial charge < -0.3 is 26.0 Å². The summed E-state index contributed by atoms with van der Waals surface area (Å²) < 4.78 is 0. The van der Waals surface area contributed by atoms with Gasteiger partial charge in [-0.25, -0.2) is 4.98 Å². The Hall–Kier alpha value is -2.75. The van der Waals surface area contributed by atoms with Gasteiger partial charge in [0, 0.05) is 57.2 Å². The third kappa shape index (κ3) is 7.62. The molecule has 2 aliphatic rings. The molecular formula is C27H41N7O2. The highest BCUT2D eigenvalue weighted by molar-refractivity contribution is 6.07. The van der Waals surface area contributed by atoms with E-state index in [2.05, 4.69) is 61.8 Å². The number of nitrogens with zero attached hydrogens (tertiary/aromatic N) is 4. The summed E-state index contributed by atoms with van der Waals surface area (Å²) in [6.45, 7) is 8.20. The number of amides is 1. The third-order valence-electron chi connectivity index (χ3n) is 7.10. The average Bonchev–Trinajstić information content (AvgIpc) is 2.88. The van der Waals surface area contributed by atoms with Gasteiger partial charge in [0.2, 0.25) is 5.95 Å². The zero-order valence-electron chi connectivity index (χ0n) is 21.7. The highest BCUT2D eigenvalue weighted by Crippen LogP contribution is 2.24. The van der Waals surface area contributed by atoms with E-state index in [1.807, 2.05) is 12.1 Å². The fourth-order valence-corrected chi connectivity index (χ4v) is 4.69. The average molecular weight is 496 g/mol. The Morgan fingerprint density at radius 3 is 2.50 bits per heavy atom. The second kappa shape index (κ2) is 13.0. The molecule has 2 fully saturated rings. The van der Waals surface area contributed by atoms with Crippen LogP contribution < -0.4 is 16.0 Å². The van der Waals surface area contributed by atoms with Gasteiger partial charge in [-0.05, 0) is 56.8 Å². The van der Waals surface area contributed by atoms with E-state index >= 15 is 0 Å². The number of hydrogen-bond donors (Lipinski definition) is 4. The minimum atomic E-state index is -0.236. The molecule has 0 bridgehead atoms. The van der Waals surface area contributed by atoms with E-state index in [0.29, 0.717) is 17.3 Å². The van der Waals surface area contributed by atoms with Crippen LogP contribution in [0.2, 0.25) is 0 Å². The van der Waals surface area contributed by atoms with Crippen molar-refractivity contribution in [1.29, 1.82) is 0 Å². The summed E-state index contributed by atoms with van der Waals surface area (Å²) >= 11 is 0. The van der Waals surface area contributed by atoms with Crippen LogP contribution in [0.25, 0.3) is 0 Å². The molecule has 1 aromatic heterocycles. The molecule has 1 saturated heterocycles. The third-order valence-corrected chi connectivity index (χ3v) is 7.10. The van der Waals surface area contributed by atoms with Crippen molar-refractivity contribution in [2.24, 2.45) is 0 Å². The van der Waals surface area contributed by atoms with Crippen molar-refractivity contribution in [3.05, 3.63) is 41.6 Å². The number of carbonyl (C=O) groups is 1. The highest BCUT2D eigenvalue weighted by atomic mass is 16.3. The molecule has 1 amide bonds. The van der Waals surface area contributed by atoms with Gasteiger partial charge in [-0.3, -0.25) is 9.69 Å². The number of nitrogens with one attached hydrogen (secondary N) is 3. The zero-order chi connectivity index (χ0) is 25.3. The van der Waals surface area contributed by atoms with Crippen LogP contribution in [0.4, 0.5) is 17.5 Å². The summed E-state index contributed by atoms with van der Waals surface area (Å²) in [5.41, 5.74) is 2.41. The number of aliphatic hydroxyl groups is 1. The lowest BCUT2D eigenvalue weighted by Crippen LogP contribution is -2.43. The number of carbonyl (C=O) groups excluding carboxylic acids is 1. The van der Waals surface area contributed by atoms with Gasteiger partial charge in [0.15, 0.2) is 0 Å². The summed E-state index contributed by atoms with van der Waals surface area (Å²) in [4.78, 5) is 27.1. The molecule has 1 saturated carbocycles. The number of rotatable bonds is 10. The summed E-state index contributed by atoms with van der Waals surface area (Å²) in [6.07, 6.45) is 6.68. The summed E-state index contributed by atoms with van der Waals surface area (Å²) in [6, 6.07) is 8.25. The predicted octanol–water partition coefficient (Wildman–Crippen LogP) is 3.40. The molecule has 0 atom stereocenters. The Kier molecular flexibility index (Phi) is 9.49. The Balaban J connectivity index is 1.41. The summed E-state index contributed by atoms with van der Waals surface area (Å²) in [7, 11) is 2.16. The summed E-state index contributed by atoms with van der Waals surface area (Å²) in [5, 5.41) is 19.6. The Morgan fingerprint density at radius 2 is 1.81 bits per heavy atom. The number of unbranched alkanes of at least 4 members (excludes halogenated alkanes) is 1. The monoisotopic (exact) mass is 495 g/mol. The molecule has 36 heavy (non-hydrogen) atoms. The van der Waals surface area contributed by atoms with Crippen LogP contribution in [0.1, 0.15) is 61.4 Å². The second-order valence-corrected chi connectivity index (χ2v) is 10.1. The van der Waals surface area contributed by atoms with E-state index < -0.39 is 0 Å². The van der Waals surface area contributed by atoms with E-state index in [1.54, 1.807) is 6.20 Å². The number of piperazine rings is 1. The largest absolute Gasteiger partial charge is 0.393 e. The molecule has 0 spiro atoms.